The van der Waals surface area contributed by atoms with Gasteiger partial charge in [-0.05, 0) is 24.6 Å². The molecule has 0 aliphatic carbocycles. The Bertz CT molecular complexity index is 472. The molecule has 0 saturated carbocycles. The number of pyridine rings is 1. The first-order valence-electron chi connectivity index (χ1n) is 4.77. The molecule has 0 atom stereocenters. The van der Waals surface area contributed by atoms with Crippen molar-refractivity contribution < 1.29 is 0 Å². The molecule has 0 N–H and O–H groups in total. The van der Waals surface area contributed by atoms with Crippen molar-refractivity contribution in [3.8, 4) is 0 Å². The number of allylic oxidation sites excluding steroid dienone is 1. The van der Waals surface area contributed by atoms with Crippen molar-refractivity contribution >= 4 is 10.9 Å². The lowest BCUT2D eigenvalue weighted by Gasteiger charge is -2.04. The zero-order valence-electron chi connectivity index (χ0n) is 8.33. The molecule has 70 valence electrons. The Morgan fingerprint density at radius 3 is 2.93 bits per heavy atom. The lowest BCUT2D eigenvalue weighted by atomic mass is 10.1. The van der Waals surface area contributed by atoms with Crippen LogP contribution >= 0.6 is 0 Å². The maximum atomic E-state index is 4.55. The van der Waals surface area contributed by atoms with Gasteiger partial charge >= 0.3 is 0 Å². The zero-order chi connectivity index (χ0) is 9.97. The van der Waals surface area contributed by atoms with E-state index in [4.69, 9.17) is 0 Å². The van der Waals surface area contributed by atoms with Gasteiger partial charge in [0.05, 0.1) is 5.52 Å². The maximum Gasteiger partial charge on any atom is 0.0708 e. The molecule has 0 unspecified atom stereocenters. The second-order valence-electron chi connectivity index (χ2n) is 3.44. The van der Waals surface area contributed by atoms with Crippen LogP contribution in [0.4, 0.5) is 0 Å². The van der Waals surface area contributed by atoms with Gasteiger partial charge in [0, 0.05) is 17.5 Å². The third kappa shape index (κ3) is 1.53. The van der Waals surface area contributed by atoms with Gasteiger partial charge < -0.3 is 0 Å². The van der Waals surface area contributed by atoms with Crippen molar-refractivity contribution in [2.24, 2.45) is 0 Å². The van der Waals surface area contributed by atoms with Gasteiger partial charge in [0.1, 0.15) is 0 Å². The molecule has 2 aromatic rings. The lowest BCUT2D eigenvalue weighted by molar-refractivity contribution is 1.14. The average Bonchev–Trinajstić information content (AvgIpc) is 2.18. The molecule has 1 aromatic carbocycles. The molecule has 0 amide bonds. The van der Waals surface area contributed by atoms with Crippen molar-refractivity contribution in [2.75, 3.05) is 0 Å². The van der Waals surface area contributed by atoms with E-state index in [0.717, 1.165) is 17.6 Å². The third-order valence-corrected chi connectivity index (χ3v) is 2.33. The van der Waals surface area contributed by atoms with Crippen LogP contribution in [0.3, 0.4) is 0 Å². The monoisotopic (exact) mass is 183 g/mol. The SMILES string of the molecule is C=CCc1cc(C)c2ccccc2n1. The number of rotatable bonds is 2. The molecular weight excluding hydrogens is 170 g/mol. The maximum absolute atomic E-state index is 4.55. The van der Waals surface area contributed by atoms with Gasteiger partial charge in [-0.15, -0.1) is 6.58 Å². The molecule has 1 nitrogen and oxygen atoms in total. The van der Waals surface area contributed by atoms with Gasteiger partial charge in [0.25, 0.3) is 0 Å². The normalized spacial score (nSPS) is 10.4. The van der Waals surface area contributed by atoms with Crippen LogP contribution in [-0.4, -0.2) is 4.98 Å². The van der Waals surface area contributed by atoms with E-state index >= 15 is 0 Å². The predicted octanol–water partition coefficient (Wildman–Crippen LogP) is 3.27. The molecular formula is C13H13N. The van der Waals surface area contributed by atoms with Crippen LogP contribution in [0.15, 0.2) is 43.0 Å². The van der Waals surface area contributed by atoms with Crippen LogP contribution in [0, 0.1) is 6.92 Å². The van der Waals surface area contributed by atoms with E-state index in [1.807, 2.05) is 18.2 Å². The van der Waals surface area contributed by atoms with E-state index in [-0.39, 0.29) is 0 Å². The molecule has 0 bridgehead atoms. The molecule has 0 saturated heterocycles. The first-order chi connectivity index (χ1) is 6.81. The van der Waals surface area contributed by atoms with Gasteiger partial charge in [0.15, 0.2) is 0 Å². The van der Waals surface area contributed by atoms with E-state index in [9.17, 15) is 0 Å². The molecule has 0 aliphatic heterocycles. The largest absolute Gasteiger partial charge is 0.252 e. The highest BCUT2D eigenvalue weighted by molar-refractivity contribution is 5.82. The smallest absolute Gasteiger partial charge is 0.0708 e. The van der Waals surface area contributed by atoms with Crippen molar-refractivity contribution in [3.05, 3.63) is 54.2 Å². The highest BCUT2D eigenvalue weighted by atomic mass is 14.7. The summed E-state index contributed by atoms with van der Waals surface area (Å²) in [6.07, 6.45) is 2.72. The summed E-state index contributed by atoms with van der Waals surface area (Å²) in [5.74, 6) is 0. The summed E-state index contributed by atoms with van der Waals surface area (Å²) in [4.78, 5) is 4.55. The summed E-state index contributed by atoms with van der Waals surface area (Å²) in [7, 11) is 0. The van der Waals surface area contributed by atoms with Crippen LogP contribution in [0.5, 0.6) is 0 Å². The molecule has 1 heterocycles. The summed E-state index contributed by atoms with van der Waals surface area (Å²) in [6.45, 7) is 5.85. The van der Waals surface area contributed by atoms with Crippen molar-refractivity contribution in [2.45, 2.75) is 13.3 Å². The predicted molar refractivity (Wildman–Crippen MR) is 60.4 cm³/mol. The van der Waals surface area contributed by atoms with Crippen molar-refractivity contribution in [1.29, 1.82) is 0 Å². The summed E-state index contributed by atoms with van der Waals surface area (Å²) in [5, 5.41) is 1.24. The Balaban J connectivity index is 2.65. The van der Waals surface area contributed by atoms with Gasteiger partial charge in [-0.2, -0.15) is 0 Å². The van der Waals surface area contributed by atoms with Crippen LogP contribution in [0.25, 0.3) is 10.9 Å². The summed E-state index contributed by atoms with van der Waals surface area (Å²) < 4.78 is 0. The van der Waals surface area contributed by atoms with E-state index in [0.29, 0.717) is 0 Å². The Kier molecular flexibility index (Phi) is 2.32. The summed E-state index contributed by atoms with van der Waals surface area (Å²) in [5.41, 5.74) is 3.45. The minimum atomic E-state index is 0.839. The Labute approximate surface area is 84.1 Å². The van der Waals surface area contributed by atoms with E-state index in [1.54, 1.807) is 0 Å². The topological polar surface area (TPSA) is 12.9 Å². The minimum Gasteiger partial charge on any atom is -0.252 e. The van der Waals surface area contributed by atoms with E-state index in [1.165, 1.54) is 10.9 Å². The fourth-order valence-electron chi connectivity index (χ4n) is 1.67. The zero-order valence-corrected chi connectivity index (χ0v) is 8.33. The van der Waals surface area contributed by atoms with Crippen molar-refractivity contribution in [1.82, 2.24) is 4.98 Å². The fourth-order valence-corrected chi connectivity index (χ4v) is 1.67. The number of hydrogen-bond donors (Lipinski definition) is 0. The van der Waals surface area contributed by atoms with Crippen LogP contribution in [-0.2, 0) is 6.42 Å². The summed E-state index contributed by atoms with van der Waals surface area (Å²) >= 11 is 0. The molecule has 2 rings (SSSR count). The highest BCUT2D eigenvalue weighted by Crippen LogP contribution is 2.17. The third-order valence-electron chi connectivity index (χ3n) is 2.33. The lowest BCUT2D eigenvalue weighted by Crippen LogP contribution is -1.90. The van der Waals surface area contributed by atoms with Gasteiger partial charge in [-0.25, -0.2) is 0 Å². The molecule has 14 heavy (non-hydrogen) atoms. The van der Waals surface area contributed by atoms with Gasteiger partial charge in [-0.3, -0.25) is 4.98 Å². The van der Waals surface area contributed by atoms with Gasteiger partial charge in [0.2, 0.25) is 0 Å². The molecule has 0 spiro atoms. The molecule has 0 aliphatic rings. The Morgan fingerprint density at radius 2 is 2.14 bits per heavy atom. The van der Waals surface area contributed by atoms with Gasteiger partial charge in [-0.1, -0.05) is 24.3 Å². The quantitative estimate of drug-likeness (QED) is 0.651. The summed E-state index contributed by atoms with van der Waals surface area (Å²) in [6, 6.07) is 10.4. The van der Waals surface area contributed by atoms with E-state index in [2.05, 4.69) is 36.7 Å². The second-order valence-corrected chi connectivity index (χ2v) is 3.44. The number of hydrogen-bond acceptors (Lipinski definition) is 1. The molecule has 0 radical (unpaired) electrons. The molecule has 1 heteroatoms. The average molecular weight is 183 g/mol. The standard InChI is InChI=1S/C13H13N/c1-3-6-11-9-10(2)12-7-4-5-8-13(12)14-11/h3-5,7-9H,1,6H2,2H3. The Morgan fingerprint density at radius 1 is 1.36 bits per heavy atom. The number of para-hydroxylation sites is 1. The number of aryl methyl sites for hydroxylation is 1. The number of aromatic nitrogens is 1. The van der Waals surface area contributed by atoms with Crippen molar-refractivity contribution in [3.63, 3.8) is 0 Å². The number of benzene rings is 1. The fraction of sp³-hybridized carbons (Fsp3) is 0.154. The number of nitrogens with zero attached hydrogens (tertiary/aromatic N) is 1. The minimum absolute atomic E-state index is 0.839. The first kappa shape index (κ1) is 8.95. The molecule has 0 fully saturated rings. The molecule has 1 aromatic heterocycles. The van der Waals surface area contributed by atoms with E-state index < -0.39 is 0 Å². The first-order valence-corrected chi connectivity index (χ1v) is 4.77. The van der Waals surface area contributed by atoms with Crippen LogP contribution < -0.4 is 0 Å². The number of fused-ring (bicyclic) bond motifs is 1. The van der Waals surface area contributed by atoms with Crippen LogP contribution in [0.1, 0.15) is 11.3 Å². The van der Waals surface area contributed by atoms with Crippen LogP contribution in [0.2, 0.25) is 0 Å². The Hall–Kier alpha value is -1.63. The highest BCUT2D eigenvalue weighted by Gasteiger charge is 2.00. The second kappa shape index (κ2) is 3.62.